The lowest BCUT2D eigenvalue weighted by atomic mass is 10.1. The summed E-state index contributed by atoms with van der Waals surface area (Å²) in [6.45, 7) is 3.76. The lowest BCUT2D eigenvalue weighted by Gasteiger charge is -2.18. The Morgan fingerprint density at radius 2 is 2.48 bits per heavy atom. The van der Waals surface area contributed by atoms with Crippen LogP contribution in [0, 0.1) is 21.4 Å². The van der Waals surface area contributed by atoms with Crippen LogP contribution in [0.5, 0.6) is 0 Å². The highest BCUT2D eigenvalue weighted by molar-refractivity contribution is 5.61. The number of non-ortho nitro benzene ring substituents is 1. The van der Waals surface area contributed by atoms with E-state index < -0.39 is 4.92 Å². The first kappa shape index (κ1) is 15.2. The van der Waals surface area contributed by atoms with Crippen molar-refractivity contribution in [3.05, 3.63) is 33.9 Å². The monoisotopic (exact) mass is 291 g/mol. The third-order valence-electron chi connectivity index (χ3n) is 3.21. The Kier molecular flexibility index (Phi) is 5.09. The first-order chi connectivity index (χ1) is 10.1. The summed E-state index contributed by atoms with van der Waals surface area (Å²) in [6.07, 6.45) is 1.02. The number of hydrogen-bond donors (Lipinski definition) is 1. The lowest BCUT2D eigenvalue weighted by molar-refractivity contribution is -0.384. The van der Waals surface area contributed by atoms with Gasteiger partial charge in [0.2, 0.25) is 0 Å². The predicted molar refractivity (Wildman–Crippen MR) is 76.1 cm³/mol. The van der Waals surface area contributed by atoms with Crippen LogP contribution in [-0.2, 0) is 9.47 Å². The number of ether oxygens (including phenoxy) is 2. The van der Waals surface area contributed by atoms with Crippen molar-refractivity contribution >= 4 is 11.4 Å². The van der Waals surface area contributed by atoms with Crippen LogP contribution in [0.4, 0.5) is 11.4 Å². The number of benzene rings is 1. The van der Waals surface area contributed by atoms with E-state index in [1.54, 1.807) is 6.07 Å². The van der Waals surface area contributed by atoms with E-state index in [-0.39, 0.29) is 23.4 Å². The molecule has 2 atom stereocenters. The highest BCUT2D eigenvalue weighted by Crippen LogP contribution is 2.22. The van der Waals surface area contributed by atoms with Gasteiger partial charge >= 0.3 is 0 Å². The van der Waals surface area contributed by atoms with Gasteiger partial charge in [0.15, 0.2) is 0 Å². The van der Waals surface area contributed by atoms with Crippen molar-refractivity contribution in [3.8, 4) is 6.07 Å². The van der Waals surface area contributed by atoms with E-state index in [1.165, 1.54) is 12.1 Å². The second-order valence-corrected chi connectivity index (χ2v) is 4.96. The number of nitrogens with zero attached hydrogens (tertiary/aromatic N) is 2. The van der Waals surface area contributed by atoms with Crippen LogP contribution in [0.15, 0.2) is 18.2 Å². The highest BCUT2D eigenvalue weighted by atomic mass is 16.6. The van der Waals surface area contributed by atoms with E-state index in [1.807, 2.05) is 13.0 Å². The highest BCUT2D eigenvalue weighted by Gasteiger charge is 2.17. The molecule has 0 aromatic heterocycles. The van der Waals surface area contributed by atoms with Gasteiger partial charge in [0.25, 0.3) is 5.69 Å². The van der Waals surface area contributed by atoms with Gasteiger partial charge in [-0.25, -0.2) is 0 Å². The zero-order valence-corrected chi connectivity index (χ0v) is 11.7. The molecule has 7 heteroatoms. The molecule has 0 bridgehead atoms. The second kappa shape index (κ2) is 7.02. The molecule has 1 aromatic rings. The van der Waals surface area contributed by atoms with Crippen molar-refractivity contribution in [1.82, 2.24) is 0 Å². The van der Waals surface area contributed by atoms with E-state index in [2.05, 4.69) is 5.32 Å². The Morgan fingerprint density at radius 3 is 3.10 bits per heavy atom. The molecule has 0 amide bonds. The molecule has 0 saturated carbocycles. The molecule has 21 heavy (non-hydrogen) atoms. The third kappa shape index (κ3) is 4.15. The van der Waals surface area contributed by atoms with Gasteiger partial charge in [0.05, 0.1) is 35.5 Å². The van der Waals surface area contributed by atoms with Crippen molar-refractivity contribution < 1.29 is 14.4 Å². The maximum absolute atomic E-state index is 10.7. The normalized spacial score (nSPS) is 19.0. The summed E-state index contributed by atoms with van der Waals surface area (Å²) in [5, 5.41) is 22.9. The van der Waals surface area contributed by atoms with Crippen molar-refractivity contribution in [2.24, 2.45) is 0 Å². The molecule has 0 radical (unpaired) electrons. The lowest BCUT2D eigenvalue weighted by Crippen LogP contribution is -2.26. The summed E-state index contributed by atoms with van der Waals surface area (Å²) >= 11 is 0. The van der Waals surface area contributed by atoms with Gasteiger partial charge in [-0.2, -0.15) is 5.26 Å². The molecule has 112 valence electrons. The molecule has 2 unspecified atom stereocenters. The zero-order valence-electron chi connectivity index (χ0n) is 11.7. The van der Waals surface area contributed by atoms with Crippen molar-refractivity contribution in [2.75, 3.05) is 25.1 Å². The average Bonchev–Trinajstić information content (AvgIpc) is 2.98. The van der Waals surface area contributed by atoms with Crippen LogP contribution in [-0.4, -0.2) is 36.9 Å². The first-order valence-electron chi connectivity index (χ1n) is 6.74. The molecule has 0 spiro atoms. The minimum Gasteiger partial charge on any atom is -0.379 e. The van der Waals surface area contributed by atoms with Crippen molar-refractivity contribution in [2.45, 2.75) is 25.5 Å². The Morgan fingerprint density at radius 1 is 1.67 bits per heavy atom. The van der Waals surface area contributed by atoms with Gasteiger partial charge in [-0.3, -0.25) is 10.1 Å². The molecule has 1 fully saturated rings. The molecule has 1 aliphatic heterocycles. The minimum atomic E-state index is -0.517. The Hall–Kier alpha value is -2.17. The van der Waals surface area contributed by atoms with Gasteiger partial charge in [-0.05, 0) is 19.4 Å². The van der Waals surface area contributed by atoms with Gasteiger partial charge in [-0.1, -0.05) is 0 Å². The molecule has 1 saturated heterocycles. The number of anilines is 1. The molecular formula is C14H17N3O4. The van der Waals surface area contributed by atoms with E-state index in [4.69, 9.17) is 14.7 Å². The Bertz CT molecular complexity index is 550. The van der Waals surface area contributed by atoms with Gasteiger partial charge in [-0.15, -0.1) is 0 Å². The zero-order chi connectivity index (χ0) is 15.2. The number of nitro groups is 1. The fourth-order valence-electron chi connectivity index (χ4n) is 2.10. The summed E-state index contributed by atoms with van der Waals surface area (Å²) in [7, 11) is 0. The minimum absolute atomic E-state index is 0.0147. The SMILES string of the molecule is CC(COC1CCOC1)Nc1ccc([N+](=O)[O-])cc1C#N. The van der Waals surface area contributed by atoms with Crippen LogP contribution in [0.3, 0.4) is 0 Å². The summed E-state index contributed by atoms with van der Waals surface area (Å²) in [4.78, 5) is 10.2. The molecule has 1 N–H and O–H groups in total. The number of nitrogens with one attached hydrogen (secondary N) is 1. The summed E-state index contributed by atoms with van der Waals surface area (Å²) in [5.41, 5.74) is 0.728. The van der Waals surface area contributed by atoms with E-state index in [9.17, 15) is 10.1 Å². The average molecular weight is 291 g/mol. The fourth-order valence-corrected chi connectivity index (χ4v) is 2.10. The summed E-state index contributed by atoms with van der Waals surface area (Å²) in [6, 6.07) is 6.14. The van der Waals surface area contributed by atoms with Gasteiger partial charge in [0, 0.05) is 24.8 Å². The van der Waals surface area contributed by atoms with Crippen molar-refractivity contribution in [3.63, 3.8) is 0 Å². The topological polar surface area (TPSA) is 97.4 Å². The van der Waals surface area contributed by atoms with Crippen molar-refractivity contribution in [1.29, 1.82) is 5.26 Å². The second-order valence-electron chi connectivity index (χ2n) is 4.96. The van der Waals surface area contributed by atoms with E-state index in [0.717, 1.165) is 13.0 Å². The smallest absolute Gasteiger partial charge is 0.270 e. The third-order valence-corrected chi connectivity index (χ3v) is 3.21. The quantitative estimate of drug-likeness (QED) is 0.636. The molecule has 1 heterocycles. The van der Waals surface area contributed by atoms with Gasteiger partial charge in [0.1, 0.15) is 6.07 Å². The molecule has 7 nitrogen and oxygen atoms in total. The Labute approximate surface area is 122 Å². The molecule has 1 aromatic carbocycles. The summed E-state index contributed by atoms with van der Waals surface area (Å²) in [5.74, 6) is 0. The maximum Gasteiger partial charge on any atom is 0.270 e. The Balaban J connectivity index is 1.94. The molecule has 0 aliphatic carbocycles. The van der Waals surface area contributed by atoms with E-state index >= 15 is 0 Å². The number of rotatable bonds is 6. The predicted octanol–water partition coefficient (Wildman–Crippen LogP) is 2.07. The largest absolute Gasteiger partial charge is 0.379 e. The van der Waals surface area contributed by atoms with Crippen LogP contribution < -0.4 is 5.32 Å². The fraction of sp³-hybridized carbons (Fsp3) is 0.500. The maximum atomic E-state index is 10.7. The standard InChI is InChI=1S/C14H17N3O4/c1-10(8-21-13-4-5-20-9-13)16-14-3-2-12(17(18)19)6-11(14)7-15/h2-3,6,10,13,16H,4-5,8-9H2,1H3. The van der Waals surface area contributed by atoms with Gasteiger partial charge < -0.3 is 14.8 Å². The number of hydrogen-bond acceptors (Lipinski definition) is 6. The van der Waals surface area contributed by atoms with Crippen LogP contribution >= 0.6 is 0 Å². The number of nitro benzene ring substituents is 1. The molecular weight excluding hydrogens is 274 g/mol. The molecule has 1 aliphatic rings. The van der Waals surface area contributed by atoms with Crippen LogP contribution in [0.2, 0.25) is 0 Å². The molecule has 2 rings (SSSR count). The van der Waals surface area contributed by atoms with Crippen LogP contribution in [0.25, 0.3) is 0 Å². The summed E-state index contributed by atoms with van der Waals surface area (Å²) < 4.78 is 10.9. The van der Waals surface area contributed by atoms with E-state index in [0.29, 0.717) is 18.9 Å². The first-order valence-corrected chi connectivity index (χ1v) is 6.74. The number of nitriles is 1. The van der Waals surface area contributed by atoms with Crippen LogP contribution in [0.1, 0.15) is 18.9 Å².